The number of rotatable bonds is 4. The van der Waals surface area contributed by atoms with Crippen molar-refractivity contribution < 1.29 is 14.6 Å². The summed E-state index contributed by atoms with van der Waals surface area (Å²) < 4.78 is 5.11. The maximum atomic E-state index is 11.1. The van der Waals surface area contributed by atoms with Gasteiger partial charge in [0.25, 0.3) is 11.4 Å². The lowest BCUT2D eigenvalue weighted by Crippen LogP contribution is -1.99. The molecule has 2 aromatic carbocycles. The number of nitro groups is 2. The molecular weight excluding hydrogens is 264 g/mol. The number of benzene rings is 2. The molecule has 2 aromatic rings. The molecule has 1 radical (unpaired) electrons. The van der Waals surface area contributed by atoms with Gasteiger partial charge in [0, 0.05) is 11.6 Å². The van der Waals surface area contributed by atoms with Crippen molar-refractivity contribution in [2.75, 3.05) is 7.11 Å². The Hall–Kier alpha value is -2.96. The van der Waals surface area contributed by atoms with Gasteiger partial charge < -0.3 is 4.74 Å². The molecule has 0 atom stereocenters. The SMILES string of the molecule is COc1ccccc1-c1c([N+](=O)[O-])[c]ccc1[N+](=O)[O-]. The molecule has 101 valence electrons. The molecular formula is C13H9N2O5. The molecule has 0 saturated heterocycles. The highest BCUT2D eigenvalue weighted by Gasteiger charge is 2.28. The van der Waals surface area contributed by atoms with Crippen LogP contribution < -0.4 is 4.74 Å². The number of nitrogens with zero attached hydrogens (tertiary/aromatic N) is 2. The fourth-order valence-electron chi connectivity index (χ4n) is 1.89. The van der Waals surface area contributed by atoms with Gasteiger partial charge >= 0.3 is 0 Å². The summed E-state index contributed by atoms with van der Waals surface area (Å²) in [5.41, 5.74) is -0.645. The van der Waals surface area contributed by atoms with Crippen molar-refractivity contribution in [2.24, 2.45) is 0 Å². The van der Waals surface area contributed by atoms with E-state index in [2.05, 4.69) is 6.07 Å². The van der Waals surface area contributed by atoms with Crippen LogP contribution in [0.1, 0.15) is 0 Å². The Morgan fingerprint density at radius 3 is 2.40 bits per heavy atom. The molecule has 0 aliphatic rings. The van der Waals surface area contributed by atoms with Crippen molar-refractivity contribution >= 4 is 11.4 Å². The van der Waals surface area contributed by atoms with Crippen LogP contribution in [0.4, 0.5) is 11.4 Å². The van der Waals surface area contributed by atoms with Gasteiger partial charge in [-0.1, -0.05) is 18.2 Å². The molecule has 0 heterocycles. The predicted molar refractivity (Wildman–Crippen MR) is 70.6 cm³/mol. The lowest BCUT2D eigenvalue weighted by atomic mass is 10.0. The first kappa shape index (κ1) is 13.5. The van der Waals surface area contributed by atoms with E-state index in [-0.39, 0.29) is 16.8 Å². The summed E-state index contributed by atoms with van der Waals surface area (Å²) in [5.74, 6) is 0.318. The lowest BCUT2D eigenvalue weighted by molar-refractivity contribution is -0.392. The fourth-order valence-corrected chi connectivity index (χ4v) is 1.89. The zero-order valence-electron chi connectivity index (χ0n) is 10.4. The normalized spacial score (nSPS) is 10.1. The van der Waals surface area contributed by atoms with E-state index in [9.17, 15) is 20.2 Å². The third-order valence-electron chi connectivity index (χ3n) is 2.71. The van der Waals surface area contributed by atoms with E-state index in [0.717, 1.165) is 6.07 Å². The largest absolute Gasteiger partial charge is 0.496 e. The molecule has 0 aromatic heterocycles. The third-order valence-corrected chi connectivity index (χ3v) is 2.71. The molecule has 0 spiro atoms. The minimum atomic E-state index is -0.700. The second-order valence-electron chi connectivity index (χ2n) is 3.80. The van der Waals surface area contributed by atoms with Crippen molar-refractivity contribution in [2.45, 2.75) is 0 Å². The molecule has 0 amide bonds. The Morgan fingerprint density at radius 2 is 1.80 bits per heavy atom. The smallest absolute Gasteiger partial charge is 0.292 e. The van der Waals surface area contributed by atoms with Crippen LogP contribution in [-0.2, 0) is 0 Å². The second kappa shape index (κ2) is 5.35. The standard InChI is InChI=1S/C13H9N2O5/c1-20-12-8-3-2-5-9(12)13-10(14(16)17)6-4-7-11(13)15(18)19/h2-6,8H,1H3. The molecule has 7 nitrogen and oxygen atoms in total. The molecule has 0 N–H and O–H groups in total. The minimum absolute atomic E-state index is 0.111. The molecule has 7 heteroatoms. The Labute approximate surface area is 113 Å². The van der Waals surface area contributed by atoms with Gasteiger partial charge in [0.15, 0.2) is 0 Å². The van der Waals surface area contributed by atoms with Crippen molar-refractivity contribution in [3.05, 3.63) is 62.7 Å². The summed E-state index contributed by atoms with van der Waals surface area (Å²) in [6, 6.07) is 11.2. The molecule has 0 fully saturated rings. The molecule has 0 bridgehead atoms. The highest BCUT2D eigenvalue weighted by molar-refractivity contribution is 5.85. The van der Waals surface area contributed by atoms with Gasteiger partial charge in [-0.05, 0) is 12.1 Å². The van der Waals surface area contributed by atoms with Gasteiger partial charge in [-0.25, -0.2) is 0 Å². The number of para-hydroxylation sites is 1. The maximum absolute atomic E-state index is 11.1. The van der Waals surface area contributed by atoms with E-state index in [0.29, 0.717) is 5.75 Å². The molecule has 0 unspecified atom stereocenters. The van der Waals surface area contributed by atoms with Crippen LogP contribution in [-0.4, -0.2) is 17.0 Å². The quantitative estimate of drug-likeness (QED) is 0.630. The molecule has 0 saturated carbocycles. The Bertz CT molecular complexity index is 652. The second-order valence-corrected chi connectivity index (χ2v) is 3.80. The van der Waals surface area contributed by atoms with Crippen LogP contribution in [0.2, 0.25) is 0 Å². The van der Waals surface area contributed by atoms with E-state index >= 15 is 0 Å². The van der Waals surface area contributed by atoms with E-state index < -0.39 is 15.5 Å². The predicted octanol–water partition coefficient (Wildman–Crippen LogP) is 2.98. The monoisotopic (exact) mass is 273 g/mol. The highest BCUT2D eigenvalue weighted by Crippen LogP contribution is 2.41. The first-order chi connectivity index (χ1) is 9.56. The highest BCUT2D eigenvalue weighted by atomic mass is 16.6. The van der Waals surface area contributed by atoms with Crippen LogP contribution in [0.3, 0.4) is 0 Å². The summed E-state index contributed by atoms with van der Waals surface area (Å²) in [6.07, 6.45) is 0. The third kappa shape index (κ3) is 2.28. The van der Waals surface area contributed by atoms with Gasteiger partial charge in [0.05, 0.1) is 23.0 Å². The first-order valence-corrected chi connectivity index (χ1v) is 5.53. The topological polar surface area (TPSA) is 95.5 Å². The minimum Gasteiger partial charge on any atom is -0.496 e. The zero-order chi connectivity index (χ0) is 14.7. The van der Waals surface area contributed by atoms with Crippen LogP contribution in [0.25, 0.3) is 11.1 Å². The summed E-state index contributed by atoms with van der Waals surface area (Å²) >= 11 is 0. The van der Waals surface area contributed by atoms with Crippen molar-refractivity contribution in [1.82, 2.24) is 0 Å². The molecule has 2 rings (SSSR count). The van der Waals surface area contributed by atoms with Gasteiger partial charge in [-0.15, -0.1) is 0 Å². The average molecular weight is 273 g/mol. The van der Waals surface area contributed by atoms with Crippen molar-refractivity contribution in [1.29, 1.82) is 0 Å². The Morgan fingerprint density at radius 1 is 1.10 bits per heavy atom. The van der Waals surface area contributed by atoms with E-state index in [1.807, 2.05) is 0 Å². The lowest BCUT2D eigenvalue weighted by Gasteiger charge is -2.08. The summed E-state index contributed by atoms with van der Waals surface area (Å²) in [6.45, 7) is 0. The van der Waals surface area contributed by atoms with Crippen molar-refractivity contribution in [3.8, 4) is 16.9 Å². The molecule has 0 aliphatic heterocycles. The number of methoxy groups -OCH3 is 1. The Balaban J connectivity index is 2.83. The summed E-state index contributed by atoms with van der Waals surface area (Å²) in [7, 11) is 1.39. The van der Waals surface area contributed by atoms with Crippen LogP contribution >= 0.6 is 0 Å². The van der Waals surface area contributed by atoms with Gasteiger partial charge in [-0.3, -0.25) is 20.2 Å². The average Bonchev–Trinajstić information content (AvgIpc) is 2.46. The first-order valence-electron chi connectivity index (χ1n) is 5.53. The number of ether oxygens (including phenoxy) is 1. The van der Waals surface area contributed by atoms with E-state index in [1.165, 1.54) is 19.2 Å². The molecule has 0 aliphatic carbocycles. The van der Waals surface area contributed by atoms with E-state index in [4.69, 9.17) is 4.74 Å². The fraction of sp³-hybridized carbons (Fsp3) is 0.0769. The van der Waals surface area contributed by atoms with E-state index in [1.54, 1.807) is 18.2 Å². The van der Waals surface area contributed by atoms with Gasteiger partial charge in [0.1, 0.15) is 11.3 Å². The van der Waals surface area contributed by atoms with Crippen molar-refractivity contribution in [3.63, 3.8) is 0 Å². The van der Waals surface area contributed by atoms with Gasteiger partial charge in [-0.2, -0.15) is 0 Å². The van der Waals surface area contributed by atoms with Crippen LogP contribution in [0.5, 0.6) is 5.75 Å². The molecule has 20 heavy (non-hydrogen) atoms. The Kier molecular flexibility index (Phi) is 3.60. The zero-order valence-corrected chi connectivity index (χ0v) is 10.4. The number of nitro benzene ring substituents is 2. The van der Waals surface area contributed by atoms with Gasteiger partial charge in [0.2, 0.25) is 0 Å². The summed E-state index contributed by atoms with van der Waals surface area (Å²) in [5, 5.41) is 22.2. The summed E-state index contributed by atoms with van der Waals surface area (Å²) in [4.78, 5) is 20.8. The van der Waals surface area contributed by atoms with Crippen LogP contribution in [0, 0.1) is 26.3 Å². The number of hydrogen-bond acceptors (Lipinski definition) is 5. The number of hydrogen-bond donors (Lipinski definition) is 0. The maximum Gasteiger partial charge on any atom is 0.292 e. The van der Waals surface area contributed by atoms with Crippen LogP contribution in [0.15, 0.2) is 36.4 Å².